The van der Waals surface area contributed by atoms with Crippen LogP contribution in [0.15, 0.2) is 22.8 Å². The van der Waals surface area contributed by atoms with Gasteiger partial charge in [-0.05, 0) is 13.8 Å². The van der Waals surface area contributed by atoms with Gasteiger partial charge in [-0.15, -0.1) is 0 Å². The van der Waals surface area contributed by atoms with Gasteiger partial charge in [0.05, 0.1) is 0 Å². The van der Waals surface area contributed by atoms with Gasteiger partial charge in [-0.1, -0.05) is 0 Å². The number of rotatable bonds is 0. The van der Waals surface area contributed by atoms with Crippen LogP contribution >= 0.6 is 0 Å². The summed E-state index contributed by atoms with van der Waals surface area (Å²) in [6, 6.07) is 0. The van der Waals surface area contributed by atoms with Gasteiger partial charge in [-0.3, -0.25) is 0 Å². The number of allylic oxidation sites excluding steroid dienone is 2. The van der Waals surface area contributed by atoms with Crippen LogP contribution in [0.1, 0.15) is 13.8 Å². The second-order valence-electron chi connectivity index (χ2n) is 3.12. The third kappa shape index (κ3) is 1.10. The fraction of sp³-hybridized carbons (Fsp3) is 0.500. The molecule has 6 heteroatoms. The van der Waals surface area contributed by atoms with Crippen LogP contribution < -0.4 is 0 Å². The first-order valence-corrected chi connectivity index (χ1v) is 3.70. The fourth-order valence-electron chi connectivity index (χ4n) is 1.12. The summed E-state index contributed by atoms with van der Waals surface area (Å²) in [5.74, 6) is -11.3. The van der Waals surface area contributed by atoms with Gasteiger partial charge < -0.3 is 10.2 Å². The van der Waals surface area contributed by atoms with Gasteiger partial charge in [0.1, 0.15) is 0 Å². The molecule has 0 fully saturated rings. The van der Waals surface area contributed by atoms with Crippen molar-refractivity contribution < 1.29 is 27.8 Å². The van der Waals surface area contributed by atoms with Gasteiger partial charge >= 0.3 is 0 Å². The Hall–Kier alpha value is -0.880. The molecule has 0 saturated carbocycles. The van der Waals surface area contributed by atoms with Crippen LogP contribution in [0.3, 0.4) is 0 Å². The number of alkyl halides is 2. The molecule has 0 heterocycles. The number of hydrogen-bond acceptors (Lipinski definition) is 2. The van der Waals surface area contributed by atoms with Gasteiger partial charge in [-0.25, -0.2) is 17.6 Å². The molecule has 2 nitrogen and oxygen atoms in total. The molecule has 0 aliphatic heterocycles. The molecule has 2 N–H and O–H groups in total. The van der Waals surface area contributed by atoms with Crippen LogP contribution in [-0.4, -0.2) is 21.9 Å². The number of hydrogen-bond donors (Lipinski definition) is 2. The van der Waals surface area contributed by atoms with Crippen molar-refractivity contribution in [1.29, 1.82) is 0 Å². The molecule has 80 valence electrons. The summed E-state index contributed by atoms with van der Waals surface area (Å²) in [7, 11) is 0. The Morgan fingerprint density at radius 3 is 1.29 bits per heavy atom. The van der Waals surface area contributed by atoms with Crippen LogP contribution in [-0.2, 0) is 0 Å². The summed E-state index contributed by atoms with van der Waals surface area (Å²) in [6.07, 6.45) is 0. The average molecular weight is 212 g/mol. The zero-order chi connectivity index (χ0) is 11.3. The number of halogens is 4. The molecule has 0 saturated heterocycles. The third-order valence-electron chi connectivity index (χ3n) is 2.28. The molecule has 0 spiro atoms. The zero-order valence-electron chi connectivity index (χ0n) is 7.41. The molecule has 14 heavy (non-hydrogen) atoms. The lowest BCUT2D eigenvalue weighted by molar-refractivity contribution is -0.250. The van der Waals surface area contributed by atoms with E-state index >= 15 is 0 Å². The molecule has 1 aliphatic carbocycles. The maximum atomic E-state index is 13.1. The highest BCUT2D eigenvalue weighted by Crippen LogP contribution is 2.46. The molecule has 1 rings (SSSR count). The van der Waals surface area contributed by atoms with E-state index in [1.165, 1.54) is 0 Å². The van der Waals surface area contributed by atoms with Crippen LogP contribution in [0, 0.1) is 0 Å². The van der Waals surface area contributed by atoms with E-state index in [0.717, 1.165) is 0 Å². The lowest BCUT2D eigenvalue weighted by atomic mass is 9.88. The maximum Gasteiger partial charge on any atom is 0.295 e. The largest absolute Gasteiger partial charge is 0.354 e. The van der Waals surface area contributed by atoms with Gasteiger partial charge in [0.15, 0.2) is 11.7 Å². The Labute approximate surface area is 77.2 Å². The van der Waals surface area contributed by atoms with Crippen molar-refractivity contribution in [3.63, 3.8) is 0 Å². The summed E-state index contributed by atoms with van der Waals surface area (Å²) < 4.78 is 52.0. The molecular weight excluding hydrogens is 204 g/mol. The lowest BCUT2D eigenvalue weighted by Gasteiger charge is -2.35. The predicted molar refractivity (Wildman–Crippen MR) is 39.7 cm³/mol. The number of aliphatic hydroxyl groups is 2. The highest BCUT2D eigenvalue weighted by atomic mass is 19.2. The highest BCUT2D eigenvalue weighted by molar-refractivity contribution is 5.42. The smallest absolute Gasteiger partial charge is 0.295 e. The fourth-order valence-corrected chi connectivity index (χ4v) is 1.12. The SMILES string of the molecule is CC1=C(F)C(F)=C(C)C(O)(F)C1(O)F. The Balaban J connectivity index is 3.48. The molecule has 2 unspecified atom stereocenters. The van der Waals surface area contributed by atoms with E-state index in [0.29, 0.717) is 13.8 Å². The van der Waals surface area contributed by atoms with E-state index in [1.807, 2.05) is 0 Å². The zero-order valence-corrected chi connectivity index (χ0v) is 7.41. The summed E-state index contributed by atoms with van der Waals surface area (Å²) in [5.41, 5.74) is -2.46. The van der Waals surface area contributed by atoms with E-state index in [-0.39, 0.29) is 0 Å². The second-order valence-corrected chi connectivity index (χ2v) is 3.12. The van der Waals surface area contributed by atoms with Gasteiger partial charge in [-0.2, -0.15) is 0 Å². The highest BCUT2D eigenvalue weighted by Gasteiger charge is 2.59. The summed E-state index contributed by atoms with van der Waals surface area (Å²) in [5, 5.41) is 17.7. The van der Waals surface area contributed by atoms with Crippen molar-refractivity contribution in [3.8, 4) is 0 Å². The topological polar surface area (TPSA) is 40.5 Å². The minimum absolute atomic E-state index is 0.645. The minimum Gasteiger partial charge on any atom is -0.354 e. The van der Waals surface area contributed by atoms with Crippen molar-refractivity contribution in [3.05, 3.63) is 22.8 Å². The van der Waals surface area contributed by atoms with Gasteiger partial charge in [0.2, 0.25) is 0 Å². The Kier molecular flexibility index (Phi) is 2.24. The summed E-state index contributed by atoms with van der Waals surface area (Å²) in [6.45, 7) is 1.29. The van der Waals surface area contributed by atoms with E-state index in [2.05, 4.69) is 0 Å². The van der Waals surface area contributed by atoms with Crippen molar-refractivity contribution in [1.82, 2.24) is 0 Å². The van der Waals surface area contributed by atoms with Crippen LogP contribution in [0.25, 0.3) is 0 Å². The predicted octanol–water partition coefficient (Wildman–Crippen LogP) is 1.80. The molecule has 0 aromatic carbocycles. The summed E-state index contributed by atoms with van der Waals surface area (Å²) in [4.78, 5) is 0. The summed E-state index contributed by atoms with van der Waals surface area (Å²) >= 11 is 0. The molecule has 0 aromatic heterocycles. The van der Waals surface area contributed by atoms with Crippen molar-refractivity contribution in [2.24, 2.45) is 0 Å². The van der Waals surface area contributed by atoms with Crippen LogP contribution in [0.2, 0.25) is 0 Å². The van der Waals surface area contributed by atoms with Gasteiger partial charge in [0, 0.05) is 11.1 Å². The lowest BCUT2D eigenvalue weighted by Crippen LogP contribution is -2.51. The molecule has 0 bridgehead atoms. The van der Waals surface area contributed by atoms with E-state index < -0.39 is 34.5 Å². The Bertz CT molecular complexity index is 307. The third-order valence-corrected chi connectivity index (χ3v) is 2.28. The van der Waals surface area contributed by atoms with E-state index in [4.69, 9.17) is 10.2 Å². The maximum absolute atomic E-state index is 13.1. The van der Waals surface area contributed by atoms with Crippen molar-refractivity contribution in [2.75, 3.05) is 0 Å². The standard InChI is InChI=1S/C8H8F4O2/c1-3-5(9)6(10)4(2)8(12,14)7(3,11)13/h13-14H,1-2H3. The van der Waals surface area contributed by atoms with Crippen LogP contribution in [0.5, 0.6) is 0 Å². The Morgan fingerprint density at radius 1 is 0.857 bits per heavy atom. The molecule has 0 amide bonds. The quantitative estimate of drug-likeness (QED) is 0.601. The van der Waals surface area contributed by atoms with Crippen LogP contribution in [0.4, 0.5) is 17.6 Å². The molecule has 0 aromatic rings. The molecular formula is C8H8F4O2. The monoisotopic (exact) mass is 212 g/mol. The first-order chi connectivity index (χ1) is 6.14. The second kappa shape index (κ2) is 2.80. The molecule has 0 radical (unpaired) electrons. The normalized spacial score (nSPS) is 39.4. The molecule has 2 atom stereocenters. The first kappa shape index (κ1) is 11.2. The van der Waals surface area contributed by atoms with E-state index in [1.54, 1.807) is 0 Å². The van der Waals surface area contributed by atoms with Gasteiger partial charge in [0.25, 0.3) is 11.7 Å². The first-order valence-electron chi connectivity index (χ1n) is 3.70. The van der Waals surface area contributed by atoms with Crippen molar-refractivity contribution in [2.45, 2.75) is 25.6 Å². The molecule has 1 aliphatic rings. The van der Waals surface area contributed by atoms with E-state index in [9.17, 15) is 17.6 Å². The minimum atomic E-state index is -3.95. The average Bonchev–Trinajstić information content (AvgIpc) is 2.10. The van der Waals surface area contributed by atoms with Crippen molar-refractivity contribution >= 4 is 0 Å². The Morgan fingerprint density at radius 2 is 1.07 bits per heavy atom.